The number of allylic oxidation sites excluding steroid dienone is 1. The summed E-state index contributed by atoms with van der Waals surface area (Å²) in [6.45, 7) is 9.51. The van der Waals surface area contributed by atoms with E-state index in [1.165, 1.54) is 0 Å². The van der Waals surface area contributed by atoms with Crippen LogP contribution in [0.5, 0.6) is 0 Å². The van der Waals surface area contributed by atoms with Gasteiger partial charge in [-0.2, -0.15) is 0 Å². The van der Waals surface area contributed by atoms with Gasteiger partial charge in [-0.15, -0.1) is 0 Å². The molecule has 2 nitrogen and oxygen atoms in total. The Morgan fingerprint density at radius 1 is 1.67 bits per heavy atom. The predicted octanol–water partition coefficient (Wildman–Crippen LogP) is 0.828. The maximum Gasteiger partial charge on any atom is 0.106 e. The van der Waals surface area contributed by atoms with Crippen molar-refractivity contribution in [3.8, 4) is 0 Å². The molecule has 1 aromatic rings. The van der Waals surface area contributed by atoms with Gasteiger partial charge in [0.05, 0.1) is 10.7 Å². The van der Waals surface area contributed by atoms with E-state index in [1.807, 2.05) is 24.6 Å². The van der Waals surface area contributed by atoms with Crippen molar-refractivity contribution in [1.82, 2.24) is 9.55 Å². The molecule has 0 atom stereocenters. The molecule has 3 heteroatoms. The van der Waals surface area contributed by atoms with E-state index >= 15 is 0 Å². The van der Waals surface area contributed by atoms with Crippen molar-refractivity contribution in [2.45, 2.75) is 6.92 Å². The zero-order valence-corrected chi connectivity index (χ0v) is 8.85. The van der Waals surface area contributed by atoms with Crippen LogP contribution in [0.1, 0.15) is 5.82 Å². The standard InChI is InChI=1S/C9H11BrN2/c1-6(10)5-9-7(2)11-8(3)12(9)4/h5H,1-2H2,3-4H3/b9-5+. The summed E-state index contributed by atoms with van der Waals surface area (Å²) in [7, 11) is 1.96. The lowest BCUT2D eigenvalue weighted by atomic mass is 10.5. The van der Waals surface area contributed by atoms with Gasteiger partial charge in [0, 0.05) is 11.5 Å². The third-order valence-corrected chi connectivity index (χ3v) is 1.96. The van der Waals surface area contributed by atoms with E-state index in [4.69, 9.17) is 0 Å². The number of aryl methyl sites for hydroxylation is 1. The molecule has 0 aromatic carbocycles. The average molecular weight is 227 g/mol. The molecular weight excluding hydrogens is 216 g/mol. The Morgan fingerprint density at radius 2 is 2.25 bits per heavy atom. The molecule has 0 bridgehead atoms. The van der Waals surface area contributed by atoms with Crippen LogP contribution in [0.2, 0.25) is 0 Å². The Kier molecular flexibility index (Phi) is 2.52. The lowest BCUT2D eigenvalue weighted by molar-refractivity contribution is 0.833. The number of rotatable bonds is 1. The summed E-state index contributed by atoms with van der Waals surface area (Å²) < 4.78 is 2.81. The van der Waals surface area contributed by atoms with E-state index in [9.17, 15) is 0 Å². The van der Waals surface area contributed by atoms with Crippen LogP contribution < -0.4 is 10.7 Å². The van der Waals surface area contributed by atoms with Crippen LogP contribution in [-0.2, 0) is 7.05 Å². The second kappa shape index (κ2) is 3.27. The number of hydrogen-bond acceptors (Lipinski definition) is 1. The highest BCUT2D eigenvalue weighted by Crippen LogP contribution is 1.99. The number of nitrogens with zero attached hydrogens (tertiary/aromatic N) is 2. The molecule has 0 spiro atoms. The average Bonchev–Trinajstić information content (AvgIpc) is 2.16. The second-order valence-electron chi connectivity index (χ2n) is 2.64. The molecule has 1 rings (SSSR count). The van der Waals surface area contributed by atoms with Crippen LogP contribution in [0.25, 0.3) is 12.7 Å². The first-order chi connectivity index (χ1) is 5.52. The van der Waals surface area contributed by atoms with Gasteiger partial charge in [-0.1, -0.05) is 29.1 Å². The Morgan fingerprint density at radius 3 is 2.58 bits per heavy atom. The Hall–Kier alpha value is -0.830. The fraction of sp³-hybridized carbons (Fsp3) is 0.222. The van der Waals surface area contributed by atoms with E-state index in [0.717, 1.165) is 21.0 Å². The summed E-state index contributed by atoms with van der Waals surface area (Å²) >= 11 is 3.27. The molecule has 0 aliphatic heterocycles. The van der Waals surface area contributed by atoms with Gasteiger partial charge >= 0.3 is 0 Å². The van der Waals surface area contributed by atoms with Crippen LogP contribution in [0.4, 0.5) is 0 Å². The Labute approximate surface area is 80.1 Å². The SMILES string of the molecule is C=C(Br)/C=c1\c(=C)nc(C)n1C. The third-order valence-electron chi connectivity index (χ3n) is 1.73. The molecular formula is C9H11BrN2. The molecule has 12 heavy (non-hydrogen) atoms. The first-order valence-electron chi connectivity index (χ1n) is 3.57. The molecule has 0 N–H and O–H groups in total. The van der Waals surface area contributed by atoms with Crippen LogP contribution in [0, 0.1) is 6.92 Å². The number of halogens is 1. The van der Waals surface area contributed by atoms with Gasteiger partial charge in [0.2, 0.25) is 0 Å². The minimum absolute atomic E-state index is 0.788. The monoisotopic (exact) mass is 226 g/mol. The van der Waals surface area contributed by atoms with E-state index in [1.54, 1.807) is 0 Å². The molecule has 0 saturated carbocycles. The van der Waals surface area contributed by atoms with Crippen molar-refractivity contribution in [2.24, 2.45) is 7.05 Å². The molecule has 0 aliphatic rings. The maximum atomic E-state index is 4.22. The largest absolute Gasteiger partial charge is 0.331 e. The smallest absolute Gasteiger partial charge is 0.106 e. The van der Waals surface area contributed by atoms with Gasteiger partial charge in [-0.3, -0.25) is 0 Å². The molecule has 64 valence electrons. The molecule has 0 fully saturated rings. The molecule has 0 unspecified atom stereocenters. The predicted molar refractivity (Wildman–Crippen MR) is 55.2 cm³/mol. The molecule has 1 aromatic heterocycles. The minimum atomic E-state index is 0.788. The third kappa shape index (κ3) is 1.67. The van der Waals surface area contributed by atoms with Crippen molar-refractivity contribution < 1.29 is 0 Å². The summed E-state index contributed by atoms with van der Waals surface area (Å²) in [5.74, 6) is 0.958. The van der Waals surface area contributed by atoms with Crippen molar-refractivity contribution in [2.75, 3.05) is 0 Å². The Bertz CT molecular complexity index is 414. The normalized spacial score (nSPS) is 12.1. The van der Waals surface area contributed by atoms with E-state index in [2.05, 4.69) is 34.1 Å². The zero-order chi connectivity index (χ0) is 9.30. The van der Waals surface area contributed by atoms with Crippen molar-refractivity contribution in [3.05, 3.63) is 27.6 Å². The zero-order valence-electron chi connectivity index (χ0n) is 7.26. The van der Waals surface area contributed by atoms with Crippen LogP contribution in [0.15, 0.2) is 11.1 Å². The summed E-state index contributed by atoms with van der Waals surface area (Å²) in [6, 6.07) is 0. The van der Waals surface area contributed by atoms with Gasteiger partial charge in [0.15, 0.2) is 0 Å². The fourth-order valence-electron chi connectivity index (χ4n) is 1.02. The van der Waals surface area contributed by atoms with Crippen LogP contribution in [-0.4, -0.2) is 9.55 Å². The first-order valence-corrected chi connectivity index (χ1v) is 4.36. The number of imidazole rings is 1. The van der Waals surface area contributed by atoms with Crippen molar-refractivity contribution in [3.63, 3.8) is 0 Å². The number of aromatic nitrogens is 2. The lowest BCUT2D eigenvalue weighted by Gasteiger charge is -1.92. The summed E-state index contributed by atoms with van der Waals surface area (Å²) in [5.41, 5.74) is 0. The maximum absolute atomic E-state index is 4.22. The molecule has 0 saturated heterocycles. The number of hydrogen-bond donors (Lipinski definition) is 0. The molecule has 0 radical (unpaired) electrons. The summed E-state index contributed by atoms with van der Waals surface area (Å²) in [4.78, 5) is 4.22. The highest BCUT2D eigenvalue weighted by atomic mass is 79.9. The van der Waals surface area contributed by atoms with Gasteiger partial charge < -0.3 is 4.57 Å². The first kappa shape index (κ1) is 9.26. The summed E-state index contributed by atoms with van der Waals surface area (Å²) in [6.07, 6.45) is 1.91. The Balaban J connectivity index is 3.53. The molecule has 0 aliphatic carbocycles. The van der Waals surface area contributed by atoms with E-state index in [-0.39, 0.29) is 0 Å². The highest BCUT2D eigenvalue weighted by molar-refractivity contribution is 9.12. The van der Waals surface area contributed by atoms with Gasteiger partial charge in [-0.05, 0) is 13.0 Å². The quantitative estimate of drug-likeness (QED) is 0.694. The van der Waals surface area contributed by atoms with Gasteiger partial charge in [-0.25, -0.2) is 4.98 Å². The second-order valence-corrected chi connectivity index (χ2v) is 3.66. The van der Waals surface area contributed by atoms with Crippen molar-refractivity contribution >= 4 is 28.6 Å². The molecule has 1 heterocycles. The summed E-state index contributed by atoms with van der Waals surface area (Å²) in [5, 5.41) is 1.78. The van der Waals surface area contributed by atoms with Gasteiger partial charge in [0.25, 0.3) is 0 Å². The van der Waals surface area contributed by atoms with Crippen molar-refractivity contribution in [1.29, 1.82) is 0 Å². The van der Waals surface area contributed by atoms with Crippen LogP contribution >= 0.6 is 15.9 Å². The fourth-order valence-corrected chi connectivity index (χ4v) is 1.24. The lowest BCUT2D eigenvalue weighted by Crippen LogP contribution is -2.27. The van der Waals surface area contributed by atoms with E-state index < -0.39 is 0 Å². The highest BCUT2D eigenvalue weighted by Gasteiger charge is 1.96. The van der Waals surface area contributed by atoms with E-state index in [0.29, 0.717) is 0 Å². The topological polar surface area (TPSA) is 17.8 Å². The molecule has 0 amide bonds. The van der Waals surface area contributed by atoms with Crippen LogP contribution in [0.3, 0.4) is 0 Å². The minimum Gasteiger partial charge on any atom is -0.331 e. The van der Waals surface area contributed by atoms with Gasteiger partial charge in [0.1, 0.15) is 5.82 Å².